The quantitative estimate of drug-likeness (QED) is 0.252. The summed E-state index contributed by atoms with van der Waals surface area (Å²) in [5, 5.41) is 0. The first-order valence-corrected chi connectivity index (χ1v) is 8.15. The number of hydrogen-bond acceptors (Lipinski definition) is 5. The standard InChI is InChI=1S/C17H20O5/c1-2-5-21-7-22-17(20)11-6-10-12-8-3-4-9(15(8)18)13(12)14(11)16(10)19/h3-4,8-14H,2,5-7H2,1H3. The molecule has 0 radical (unpaired) electrons. The highest BCUT2D eigenvalue weighted by Gasteiger charge is 2.69. The van der Waals surface area contributed by atoms with E-state index in [0.29, 0.717) is 13.0 Å². The number of allylic oxidation sites excluding steroid dienone is 2. The van der Waals surface area contributed by atoms with E-state index < -0.39 is 0 Å². The van der Waals surface area contributed by atoms with Gasteiger partial charge >= 0.3 is 5.97 Å². The number of esters is 1. The lowest BCUT2D eigenvalue weighted by molar-refractivity contribution is -0.165. The maximum atomic E-state index is 12.5. The van der Waals surface area contributed by atoms with Crippen molar-refractivity contribution in [1.82, 2.24) is 0 Å². The van der Waals surface area contributed by atoms with E-state index >= 15 is 0 Å². The molecule has 4 aliphatic rings. The molecule has 4 bridgehead atoms. The highest BCUT2D eigenvalue weighted by Crippen LogP contribution is 2.64. The smallest absolute Gasteiger partial charge is 0.311 e. The minimum absolute atomic E-state index is 0.0304. The van der Waals surface area contributed by atoms with Gasteiger partial charge in [0.1, 0.15) is 11.6 Å². The van der Waals surface area contributed by atoms with E-state index in [1.165, 1.54) is 0 Å². The van der Waals surface area contributed by atoms with E-state index in [9.17, 15) is 14.4 Å². The van der Waals surface area contributed by atoms with Gasteiger partial charge in [-0.25, -0.2) is 0 Å². The van der Waals surface area contributed by atoms with Crippen LogP contribution in [-0.4, -0.2) is 30.9 Å². The summed E-state index contributed by atoms with van der Waals surface area (Å²) in [5.74, 6) is -0.817. The molecule has 3 saturated carbocycles. The molecule has 5 nitrogen and oxygen atoms in total. The van der Waals surface area contributed by atoms with Crippen molar-refractivity contribution in [1.29, 1.82) is 0 Å². The Morgan fingerprint density at radius 1 is 1.18 bits per heavy atom. The van der Waals surface area contributed by atoms with Gasteiger partial charge in [0, 0.05) is 23.7 Å². The van der Waals surface area contributed by atoms with Crippen LogP contribution in [0.15, 0.2) is 12.2 Å². The van der Waals surface area contributed by atoms with Gasteiger partial charge in [0.05, 0.1) is 12.5 Å². The molecule has 0 aliphatic heterocycles. The van der Waals surface area contributed by atoms with Crippen molar-refractivity contribution >= 4 is 17.5 Å². The minimum Gasteiger partial charge on any atom is -0.438 e. The number of fused-ring (bicyclic) bond motifs is 9. The van der Waals surface area contributed by atoms with Crippen LogP contribution in [0.5, 0.6) is 0 Å². The summed E-state index contributed by atoms with van der Waals surface area (Å²) in [6, 6.07) is 0. The third-order valence-corrected chi connectivity index (χ3v) is 5.91. The Kier molecular flexibility index (Phi) is 3.22. The Morgan fingerprint density at radius 3 is 2.64 bits per heavy atom. The number of carbonyl (C=O) groups excluding carboxylic acids is 3. The number of ether oxygens (including phenoxy) is 2. The van der Waals surface area contributed by atoms with Gasteiger partial charge < -0.3 is 9.47 Å². The van der Waals surface area contributed by atoms with E-state index in [0.717, 1.165) is 6.42 Å². The van der Waals surface area contributed by atoms with Crippen molar-refractivity contribution < 1.29 is 23.9 Å². The molecule has 0 amide bonds. The summed E-state index contributed by atoms with van der Waals surface area (Å²) in [7, 11) is 0. The van der Waals surface area contributed by atoms with Crippen LogP contribution in [0.2, 0.25) is 0 Å². The summed E-state index contributed by atoms with van der Waals surface area (Å²) in [6.07, 6.45) is 5.32. The van der Waals surface area contributed by atoms with Crippen LogP contribution < -0.4 is 0 Å². The average Bonchev–Trinajstić information content (AvgIpc) is 3.21. The number of carbonyl (C=O) groups is 3. The molecule has 0 heterocycles. The summed E-state index contributed by atoms with van der Waals surface area (Å²) in [4.78, 5) is 37.0. The maximum Gasteiger partial charge on any atom is 0.311 e. The highest BCUT2D eigenvalue weighted by molar-refractivity contribution is 6.01. The molecule has 22 heavy (non-hydrogen) atoms. The molecule has 7 unspecified atom stereocenters. The molecule has 4 aliphatic carbocycles. The molecule has 0 spiro atoms. The second kappa shape index (κ2) is 5.01. The minimum atomic E-state index is -0.385. The summed E-state index contributed by atoms with van der Waals surface area (Å²) < 4.78 is 10.3. The van der Waals surface area contributed by atoms with Crippen molar-refractivity contribution in [3.8, 4) is 0 Å². The molecule has 0 N–H and O–H groups in total. The van der Waals surface area contributed by atoms with Gasteiger partial charge in [-0.15, -0.1) is 0 Å². The molecule has 4 rings (SSSR count). The molecule has 0 aromatic carbocycles. The van der Waals surface area contributed by atoms with E-state index in [2.05, 4.69) is 0 Å². The van der Waals surface area contributed by atoms with Gasteiger partial charge in [-0.05, 0) is 24.7 Å². The van der Waals surface area contributed by atoms with Crippen LogP contribution in [-0.2, 0) is 23.9 Å². The zero-order valence-corrected chi connectivity index (χ0v) is 12.6. The average molecular weight is 304 g/mol. The molecular weight excluding hydrogens is 284 g/mol. The molecular formula is C17H20O5. The normalized spacial score (nSPS) is 44.0. The lowest BCUT2D eigenvalue weighted by Gasteiger charge is -2.32. The molecule has 118 valence electrons. The van der Waals surface area contributed by atoms with Crippen molar-refractivity contribution in [2.75, 3.05) is 13.4 Å². The molecule has 0 aromatic rings. The topological polar surface area (TPSA) is 69.7 Å². The predicted molar refractivity (Wildman–Crippen MR) is 75.4 cm³/mol. The second-order valence-corrected chi connectivity index (χ2v) is 6.86. The van der Waals surface area contributed by atoms with Crippen molar-refractivity contribution in [3.05, 3.63) is 12.2 Å². The number of hydrogen-bond donors (Lipinski definition) is 0. The maximum absolute atomic E-state index is 12.5. The van der Waals surface area contributed by atoms with Crippen LogP contribution in [0.1, 0.15) is 19.8 Å². The van der Waals surface area contributed by atoms with Crippen LogP contribution >= 0.6 is 0 Å². The number of rotatable bonds is 5. The fraction of sp³-hybridized carbons (Fsp3) is 0.706. The van der Waals surface area contributed by atoms with Gasteiger partial charge in [-0.2, -0.15) is 0 Å². The van der Waals surface area contributed by atoms with E-state index in [4.69, 9.17) is 9.47 Å². The van der Waals surface area contributed by atoms with Crippen LogP contribution in [0, 0.1) is 41.4 Å². The van der Waals surface area contributed by atoms with Gasteiger partial charge in [0.2, 0.25) is 0 Å². The summed E-state index contributed by atoms with van der Waals surface area (Å²) in [5.41, 5.74) is 0. The highest BCUT2D eigenvalue weighted by atomic mass is 16.7. The third-order valence-electron chi connectivity index (χ3n) is 5.91. The first-order chi connectivity index (χ1) is 10.6. The van der Waals surface area contributed by atoms with E-state index in [-0.39, 0.29) is 65.8 Å². The molecule has 7 atom stereocenters. The van der Waals surface area contributed by atoms with Crippen molar-refractivity contribution in [2.24, 2.45) is 41.4 Å². The van der Waals surface area contributed by atoms with Crippen LogP contribution in [0.3, 0.4) is 0 Å². The Labute approximate surface area is 129 Å². The van der Waals surface area contributed by atoms with Gasteiger partial charge in [0.15, 0.2) is 6.79 Å². The molecule has 5 heteroatoms. The largest absolute Gasteiger partial charge is 0.438 e. The number of ketones is 2. The lowest BCUT2D eigenvalue weighted by Crippen LogP contribution is -2.35. The Hall–Kier alpha value is -1.49. The van der Waals surface area contributed by atoms with Crippen molar-refractivity contribution in [3.63, 3.8) is 0 Å². The van der Waals surface area contributed by atoms with Gasteiger partial charge in [0.25, 0.3) is 0 Å². The molecule has 0 aromatic heterocycles. The van der Waals surface area contributed by atoms with Crippen molar-refractivity contribution in [2.45, 2.75) is 19.8 Å². The monoisotopic (exact) mass is 304 g/mol. The molecule has 0 saturated heterocycles. The van der Waals surface area contributed by atoms with Crippen LogP contribution in [0.4, 0.5) is 0 Å². The van der Waals surface area contributed by atoms with Gasteiger partial charge in [-0.3, -0.25) is 14.4 Å². The van der Waals surface area contributed by atoms with E-state index in [1.54, 1.807) is 0 Å². The second-order valence-electron chi connectivity index (χ2n) is 6.86. The Balaban J connectivity index is 1.48. The zero-order valence-electron chi connectivity index (χ0n) is 12.6. The SMILES string of the molecule is CCCOCOC(=O)C1CC2C(=O)C1C1C3C=CC(C3=O)C21. The third kappa shape index (κ3) is 1.72. The first-order valence-electron chi connectivity index (χ1n) is 8.15. The lowest BCUT2D eigenvalue weighted by atomic mass is 9.69. The predicted octanol–water partition coefficient (Wildman–Crippen LogP) is 1.37. The zero-order chi connectivity index (χ0) is 15.4. The first kappa shape index (κ1) is 14.1. The van der Waals surface area contributed by atoms with Gasteiger partial charge in [-0.1, -0.05) is 19.1 Å². The number of Topliss-reactive ketones (excluding diaryl/α,β-unsaturated/α-hetero) is 2. The van der Waals surface area contributed by atoms with E-state index in [1.807, 2.05) is 19.1 Å². The Morgan fingerprint density at radius 2 is 1.91 bits per heavy atom. The Bertz CT molecular complexity index is 565. The summed E-state index contributed by atoms with van der Waals surface area (Å²) in [6.45, 7) is 2.49. The van der Waals surface area contributed by atoms with Crippen LogP contribution in [0.25, 0.3) is 0 Å². The fourth-order valence-electron chi connectivity index (χ4n) is 5.19. The fourth-order valence-corrected chi connectivity index (χ4v) is 5.19. The molecule has 3 fully saturated rings. The summed E-state index contributed by atoms with van der Waals surface area (Å²) >= 11 is 0.